The van der Waals surface area contributed by atoms with Crippen molar-refractivity contribution < 1.29 is 0 Å². The van der Waals surface area contributed by atoms with Gasteiger partial charge in [-0.25, -0.2) is 0 Å². The van der Waals surface area contributed by atoms with E-state index in [1.54, 1.807) is 0 Å². The van der Waals surface area contributed by atoms with Crippen molar-refractivity contribution in [3.8, 4) is 0 Å². The number of hydrogen-bond donors (Lipinski definition) is 0. The summed E-state index contributed by atoms with van der Waals surface area (Å²) in [5, 5.41) is 4.66. The first kappa shape index (κ1) is 17.1. The van der Waals surface area contributed by atoms with Crippen molar-refractivity contribution in [1.29, 1.82) is 0 Å². The van der Waals surface area contributed by atoms with Crippen LogP contribution in [0, 0.1) is 0 Å². The van der Waals surface area contributed by atoms with Crippen molar-refractivity contribution in [1.82, 2.24) is 19.6 Å². The van der Waals surface area contributed by atoms with Gasteiger partial charge in [-0.1, -0.05) is 0 Å². The van der Waals surface area contributed by atoms with Gasteiger partial charge in [-0.3, -0.25) is 9.80 Å². The monoisotopic (exact) mass is 366 g/mol. The topological polar surface area (TPSA) is 13.0 Å². The van der Waals surface area contributed by atoms with Crippen LogP contribution in [-0.2, 0) is 0 Å². The summed E-state index contributed by atoms with van der Waals surface area (Å²) >= 11 is 3.96. The van der Waals surface area contributed by atoms with Gasteiger partial charge in [-0.05, 0) is 38.5 Å². The molecule has 2 saturated heterocycles. The molecule has 2 unspecified atom stereocenters. The maximum Gasteiger partial charge on any atom is 0.0998 e. The number of allylic oxidation sites excluding steroid dienone is 2. The molecule has 6 heteroatoms. The van der Waals surface area contributed by atoms with Gasteiger partial charge in [0.1, 0.15) is 0 Å². The van der Waals surface area contributed by atoms with Gasteiger partial charge in [0.25, 0.3) is 0 Å². The summed E-state index contributed by atoms with van der Waals surface area (Å²) in [6.45, 7) is 16.5. The Hall–Kier alpha value is -0.300. The van der Waals surface area contributed by atoms with Gasteiger partial charge in [-0.2, -0.15) is 0 Å². The van der Waals surface area contributed by atoms with Crippen molar-refractivity contribution in [3.63, 3.8) is 0 Å². The minimum Gasteiger partial charge on any atom is -0.354 e. The normalized spacial score (nSPS) is 37.3. The lowest BCUT2D eigenvalue weighted by Crippen LogP contribution is -2.58. The predicted molar refractivity (Wildman–Crippen MR) is 106 cm³/mol. The zero-order chi connectivity index (χ0) is 16.9. The number of thioether (sulfide) groups is 2. The summed E-state index contributed by atoms with van der Waals surface area (Å²) in [5.74, 6) is 2.37. The van der Waals surface area contributed by atoms with Crippen LogP contribution in [0.4, 0.5) is 0 Å². The molecule has 24 heavy (non-hydrogen) atoms. The van der Waals surface area contributed by atoms with E-state index in [1.807, 2.05) is 23.5 Å². The van der Waals surface area contributed by atoms with Gasteiger partial charge in [0.05, 0.1) is 11.3 Å². The molecule has 4 aliphatic rings. The van der Waals surface area contributed by atoms with E-state index in [0.29, 0.717) is 0 Å². The second kappa shape index (κ2) is 6.15. The van der Waals surface area contributed by atoms with Crippen LogP contribution in [0.1, 0.15) is 27.7 Å². The van der Waals surface area contributed by atoms with Crippen LogP contribution in [0.15, 0.2) is 22.2 Å². The Bertz CT molecular complexity index is 527. The summed E-state index contributed by atoms with van der Waals surface area (Å²) in [6.07, 6.45) is 0. The standard InChI is InChI=1S/C18H30N4S2/c1-15-11-23-13-17(3)19(7-9-21(15)17)5-6-20-8-10-22-16(2)12-24-14-18(20,22)4/h11-12H,5-10,13-14H2,1-4H3. The fourth-order valence-corrected chi connectivity index (χ4v) is 7.12. The minimum absolute atomic E-state index is 0.209. The summed E-state index contributed by atoms with van der Waals surface area (Å²) in [7, 11) is 0. The molecule has 0 N–H and O–H groups in total. The van der Waals surface area contributed by atoms with Gasteiger partial charge in [0.2, 0.25) is 0 Å². The summed E-state index contributed by atoms with van der Waals surface area (Å²) in [6, 6.07) is 0. The van der Waals surface area contributed by atoms with Crippen LogP contribution in [0.25, 0.3) is 0 Å². The molecule has 0 amide bonds. The summed E-state index contributed by atoms with van der Waals surface area (Å²) < 4.78 is 0. The molecule has 0 spiro atoms. The zero-order valence-electron chi connectivity index (χ0n) is 15.4. The van der Waals surface area contributed by atoms with Gasteiger partial charge in [-0.15, -0.1) is 23.5 Å². The van der Waals surface area contributed by atoms with Crippen molar-refractivity contribution in [3.05, 3.63) is 22.2 Å². The Kier molecular flexibility index (Phi) is 4.39. The molecule has 4 aliphatic heterocycles. The van der Waals surface area contributed by atoms with Gasteiger partial charge in [0, 0.05) is 62.2 Å². The molecule has 0 aromatic rings. The molecule has 4 rings (SSSR count). The SMILES string of the molecule is CC1=CSCC2(C)N(CCN3CCN4C(C)=CSCC34C)CCN12. The molecule has 0 radical (unpaired) electrons. The Morgan fingerprint density at radius 1 is 0.792 bits per heavy atom. The highest BCUT2D eigenvalue weighted by Crippen LogP contribution is 2.40. The summed E-state index contributed by atoms with van der Waals surface area (Å²) in [4.78, 5) is 10.7. The van der Waals surface area contributed by atoms with Crippen LogP contribution < -0.4 is 0 Å². The Morgan fingerprint density at radius 3 is 1.62 bits per heavy atom. The average molecular weight is 367 g/mol. The molecular weight excluding hydrogens is 336 g/mol. The van der Waals surface area contributed by atoms with Crippen molar-refractivity contribution in [2.24, 2.45) is 0 Å². The average Bonchev–Trinajstić information content (AvgIpc) is 3.04. The fourth-order valence-electron chi connectivity index (χ4n) is 4.91. The third-order valence-electron chi connectivity index (χ3n) is 6.43. The van der Waals surface area contributed by atoms with Crippen LogP contribution >= 0.6 is 23.5 Å². The molecule has 134 valence electrons. The molecule has 0 aromatic carbocycles. The van der Waals surface area contributed by atoms with E-state index in [0.717, 1.165) is 0 Å². The third-order valence-corrected chi connectivity index (χ3v) is 8.87. The summed E-state index contributed by atoms with van der Waals surface area (Å²) in [5.41, 5.74) is 3.31. The van der Waals surface area contributed by atoms with E-state index in [-0.39, 0.29) is 11.3 Å². The molecule has 0 aromatic heterocycles. The highest BCUT2D eigenvalue weighted by molar-refractivity contribution is 8.02. The van der Waals surface area contributed by atoms with Crippen LogP contribution in [0.2, 0.25) is 0 Å². The Morgan fingerprint density at radius 2 is 1.21 bits per heavy atom. The van der Waals surface area contributed by atoms with E-state index in [4.69, 9.17) is 0 Å². The van der Waals surface area contributed by atoms with Gasteiger partial charge in [0.15, 0.2) is 0 Å². The Labute approximate surface area is 155 Å². The highest BCUT2D eigenvalue weighted by Gasteiger charge is 2.47. The van der Waals surface area contributed by atoms with E-state index in [1.165, 1.54) is 62.2 Å². The highest BCUT2D eigenvalue weighted by atomic mass is 32.2. The number of fused-ring (bicyclic) bond motifs is 2. The zero-order valence-corrected chi connectivity index (χ0v) is 17.0. The second-order valence-corrected chi connectivity index (χ2v) is 9.57. The van der Waals surface area contributed by atoms with Crippen molar-refractivity contribution in [2.75, 3.05) is 50.8 Å². The lowest BCUT2D eigenvalue weighted by molar-refractivity contribution is 0.0362. The number of rotatable bonds is 3. The molecule has 0 bridgehead atoms. The molecular formula is C18H30N4S2. The minimum atomic E-state index is 0.209. The predicted octanol–water partition coefficient (Wildman–Crippen LogP) is 2.87. The first-order chi connectivity index (χ1) is 11.4. The maximum absolute atomic E-state index is 2.72. The molecule has 2 fully saturated rings. The van der Waals surface area contributed by atoms with E-state index in [9.17, 15) is 0 Å². The molecule has 2 atom stereocenters. The first-order valence-corrected chi connectivity index (χ1v) is 11.2. The molecule has 4 heterocycles. The van der Waals surface area contributed by atoms with Crippen LogP contribution in [0.3, 0.4) is 0 Å². The first-order valence-electron chi connectivity index (χ1n) is 9.07. The van der Waals surface area contributed by atoms with Gasteiger partial charge >= 0.3 is 0 Å². The molecule has 4 nitrogen and oxygen atoms in total. The molecule has 0 saturated carbocycles. The second-order valence-electron chi connectivity index (χ2n) is 7.85. The maximum atomic E-state index is 2.72. The fraction of sp³-hybridized carbons (Fsp3) is 0.778. The number of hydrogen-bond acceptors (Lipinski definition) is 6. The van der Waals surface area contributed by atoms with Crippen LogP contribution in [-0.4, -0.2) is 81.7 Å². The van der Waals surface area contributed by atoms with E-state index < -0.39 is 0 Å². The Balaban J connectivity index is 1.43. The number of nitrogens with zero attached hydrogens (tertiary/aromatic N) is 4. The largest absolute Gasteiger partial charge is 0.354 e. The van der Waals surface area contributed by atoms with E-state index >= 15 is 0 Å². The lowest BCUT2D eigenvalue weighted by atomic mass is 10.1. The van der Waals surface area contributed by atoms with E-state index in [2.05, 4.69) is 58.1 Å². The quantitative estimate of drug-likeness (QED) is 0.756. The molecule has 0 aliphatic carbocycles. The third kappa shape index (κ3) is 2.52. The van der Waals surface area contributed by atoms with Crippen molar-refractivity contribution in [2.45, 2.75) is 39.0 Å². The van der Waals surface area contributed by atoms with Crippen LogP contribution in [0.5, 0.6) is 0 Å². The van der Waals surface area contributed by atoms with Crippen molar-refractivity contribution >= 4 is 23.5 Å². The lowest BCUT2D eigenvalue weighted by Gasteiger charge is -2.47. The smallest absolute Gasteiger partial charge is 0.0998 e. The van der Waals surface area contributed by atoms with Gasteiger partial charge < -0.3 is 9.80 Å².